The van der Waals surface area contributed by atoms with Crippen molar-refractivity contribution in [2.75, 3.05) is 26.2 Å². The Morgan fingerprint density at radius 1 is 1.10 bits per heavy atom. The highest BCUT2D eigenvalue weighted by Gasteiger charge is 2.35. The zero-order valence-electron chi connectivity index (χ0n) is 25.3. The molecule has 6 N–H and O–H groups in total. The number of benzene rings is 1. The molecule has 1 heterocycles. The number of carbonyl (C=O) groups excluding carboxylic acids is 1. The predicted octanol–water partition coefficient (Wildman–Crippen LogP) is 3.56. The van der Waals surface area contributed by atoms with E-state index in [0.29, 0.717) is 45.5 Å². The van der Waals surface area contributed by atoms with E-state index in [9.17, 15) is 18.3 Å². The molecule has 0 aliphatic carbocycles. The lowest BCUT2D eigenvalue weighted by Crippen LogP contribution is -2.51. The molecule has 2 atom stereocenters. The standard InChI is InChI=1S/C29H51N5O5S/c1-8-39-28(36)21-11-14-34(15-12-21)27(35)25(10-9-13-32-29(30)31)33-40(37,38)26-23(19(4)5)16-22(18(2)3)17-24(26)20(6)7/h16-21,25,28,33,36H,8-15H2,1-7H3,(H4,30,31,32)/t25-,28?/m0/s1. The van der Waals surface area contributed by atoms with Gasteiger partial charge in [-0.15, -0.1) is 0 Å². The Hall–Kier alpha value is -2.21. The SMILES string of the molecule is CCOC(O)C1CCN(C(=O)[C@H](CCCNC(=N)N)NS(=O)(=O)c2c(C(C)C)cc(C(C)C)cc2C(C)C)CC1. The van der Waals surface area contributed by atoms with Gasteiger partial charge < -0.3 is 25.8 Å². The minimum absolute atomic E-state index is 0.0347. The van der Waals surface area contributed by atoms with Gasteiger partial charge in [-0.2, -0.15) is 4.72 Å². The average molecular weight is 582 g/mol. The number of likely N-dealkylation sites (tertiary alicyclic amines) is 1. The number of aliphatic hydroxyl groups is 1. The molecule has 0 radical (unpaired) electrons. The Bertz CT molecular complexity index is 1070. The van der Waals surface area contributed by atoms with Crippen LogP contribution in [0.5, 0.6) is 0 Å². The van der Waals surface area contributed by atoms with E-state index in [4.69, 9.17) is 15.9 Å². The number of aliphatic hydroxyl groups excluding tert-OH is 1. The molecule has 0 spiro atoms. The van der Waals surface area contributed by atoms with Crippen molar-refractivity contribution in [3.05, 3.63) is 28.8 Å². The Balaban J connectivity index is 2.40. The van der Waals surface area contributed by atoms with Gasteiger partial charge in [0.2, 0.25) is 15.9 Å². The number of amides is 1. The number of ether oxygens (including phenoxy) is 1. The van der Waals surface area contributed by atoms with E-state index < -0.39 is 22.4 Å². The third kappa shape index (κ3) is 9.15. The largest absolute Gasteiger partial charge is 0.370 e. The molecule has 0 bridgehead atoms. The molecule has 0 saturated carbocycles. The van der Waals surface area contributed by atoms with Gasteiger partial charge >= 0.3 is 0 Å². The average Bonchev–Trinajstić information content (AvgIpc) is 2.89. The van der Waals surface area contributed by atoms with E-state index in [-0.39, 0.29) is 46.9 Å². The minimum Gasteiger partial charge on any atom is -0.370 e. The summed E-state index contributed by atoms with van der Waals surface area (Å²) in [5.41, 5.74) is 7.99. The summed E-state index contributed by atoms with van der Waals surface area (Å²) >= 11 is 0. The second kappa shape index (κ2) is 15.1. The maximum absolute atomic E-state index is 14.1. The molecule has 1 unspecified atom stereocenters. The molecule has 11 heteroatoms. The number of nitrogens with two attached hydrogens (primary N) is 1. The summed E-state index contributed by atoms with van der Waals surface area (Å²) in [5.74, 6) is -0.355. The first-order valence-corrected chi connectivity index (χ1v) is 16.0. The number of sulfonamides is 1. The normalized spacial score (nSPS) is 16.5. The van der Waals surface area contributed by atoms with Crippen LogP contribution in [0.4, 0.5) is 0 Å². The van der Waals surface area contributed by atoms with Crippen LogP contribution < -0.4 is 15.8 Å². The number of carbonyl (C=O) groups is 1. The lowest BCUT2D eigenvalue weighted by molar-refractivity contribution is -0.149. The van der Waals surface area contributed by atoms with Crippen LogP contribution in [0.15, 0.2) is 17.0 Å². The fourth-order valence-electron chi connectivity index (χ4n) is 5.14. The Morgan fingerprint density at radius 3 is 2.10 bits per heavy atom. The number of hydrogen-bond donors (Lipinski definition) is 5. The van der Waals surface area contributed by atoms with Crippen LogP contribution in [0.2, 0.25) is 0 Å². The van der Waals surface area contributed by atoms with Crippen molar-refractivity contribution in [3.8, 4) is 0 Å². The van der Waals surface area contributed by atoms with Crippen molar-refractivity contribution in [3.63, 3.8) is 0 Å². The highest BCUT2D eigenvalue weighted by atomic mass is 32.2. The van der Waals surface area contributed by atoms with Gasteiger partial charge in [0.05, 0.1) is 4.90 Å². The summed E-state index contributed by atoms with van der Waals surface area (Å²) in [6.07, 6.45) is 0.969. The molecule has 40 heavy (non-hydrogen) atoms. The van der Waals surface area contributed by atoms with Gasteiger partial charge in [0, 0.05) is 32.2 Å². The fraction of sp³-hybridized carbons (Fsp3) is 0.724. The first-order chi connectivity index (χ1) is 18.7. The number of hydrogen-bond acceptors (Lipinski definition) is 6. The smallest absolute Gasteiger partial charge is 0.241 e. The van der Waals surface area contributed by atoms with Crippen molar-refractivity contribution in [1.29, 1.82) is 5.41 Å². The summed E-state index contributed by atoms with van der Waals surface area (Å²) in [6, 6.07) is 2.99. The number of nitrogens with one attached hydrogen (secondary N) is 3. The van der Waals surface area contributed by atoms with E-state index in [0.717, 1.165) is 16.7 Å². The quantitative estimate of drug-likeness (QED) is 0.0973. The molecule has 1 aromatic rings. The van der Waals surface area contributed by atoms with Crippen LogP contribution >= 0.6 is 0 Å². The third-order valence-corrected chi connectivity index (χ3v) is 9.12. The molecule has 2 rings (SSSR count). The Morgan fingerprint density at radius 2 is 1.65 bits per heavy atom. The molecule has 1 saturated heterocycles. The first-order valence-electron chi connectivity index (χ1n) is 14.6. The van der Waals surface area contributed by atoms with Crippen LogP contribution in [0, 0.1) is 11.3 Å². The molecule has 1 aliphatic rings. The first kappa shape index (κ1) is 34.0. The lowest BCUT2D eigenvalue weighted by Gasteiger charge is -2.36. The van der Waals surface area contributed by atoms with Gasteiger partial charge in [0.1, 0.15) is 6.04 Å². The summed E-state index contributed by atoms with van der Waals surface area (Å²) in [4.78, 5) is 15.7. The molecule has 1 amide bonds. The van der Waals surface area contributed by atoms with Crippen molar-refractivity contribution >= 4 is 21.9 Å². The van der Waals surface area contributed by atoms with Crippen LogP contribution in [-0.2, 0) is 19.6 Å². The maximum atomic E-state index is 14.1. The monoisotopic (exact) mass is 581 g/mol. The number of piperidine rings is 1. The summed E-state index contributed by atoms with van der Waals surface area (Å²) < 4.78 is 36.3. The van der Waals surface area contributed by atoms with E-state index >= 15 is 0 Å². The van der Waals surface area contributed by atoms with Crippen LogP contribution in [0.3, 0.4) is 0 Å². The number of rotatable bonds is 14. The topological polar surface area (TPSA) is 158 Å². The highest BCUT2D eigenvalue weighted by molar-refractivity contribution is 7.89. The van der Waals surface area contributed by atoms with E-state index in [1.165, 1.54) is 0 Å². The molecule has 1 aliphatic heterocycles. The fourth-order valence-corrected chi connectivity index (χ4v) is 7.06. The molecule has 1 aromatic carbocycles. The van der Waals surface area contributed by atoms with E-state index in [1.807, 2.05) is 46.8 Å². The summed E-state index contributed by atoms with van der Waals surface area (Å²) in [5, 5.41) is 20.3. The molecule has 228 valence electrons. The van der Waals surface area contributed by atoms with Crippen molar-refractivity contribution in [2.45, 2.75) is 109 Å². The predicted molar refractivity (Wildman–Crippen MR) is 159 cm³/mol. The van der Waals surface area contributed by atoms with Crippen LogP contribution in [0.25, 0.3) is 0 Å². The number of guanidine groups is 1. The maximum Gasteiger partial charge on any atom is 0.241 e. The van der Waals surface area contributed by atoms with Crippen LogP contribution in [0.1, 0.15) is 109 Å². The Kier molecular flexibility index (Phi) is 12.9. The minimum atomic E-state index is -4.07. The molecule has 1 fully saturated rings. The van der Waals surface area contributed by atoms with Gasteiger partial charge in [-0.05, 0) is 67.1 Å². The van der Waals surface area contributed by atoms with Gasteiger partial charge in [0.25, 0.3) is 0 Å². The van der Waals surface area contributed by atoms with E-state index in [1.54, 1.807) is 4.90 Å². The molecule has 10 nitrogen and oxygen atoms in total. The Labute approximate surface area is 241 Å². The second-order valence-corrected chi connectivity index (χ2v) is 13.3. The summed E-state index contributed by atoms with van der Waals surface area (Å²) in [7, 11) is -4.07. The molecule has 0 aromatic heterocycles. The van der Waals surface area contributed by atoms with Gasteiger partial charge in [-0.25, -0.2) is 8.42 Å². The van der Waals surface area contributed by atoms with Gasteiger partial charge in [0.15, 0.2) is 12.2 Å². The van der Waals surface area contributed by atoms with Crippen molar-refractivity contribution in [2.24, 2.45) is 11.7 Å². The second-order valence-electron chi connectivity index (χ2n) is 11.7. The third-order valence-electron chi connectivity index (χ3n) is 7.52. The molecular formula is C29H51N5O5S. The van der Waals surface area contributed by atoms with Crippen molar-refractivity contribution < 1.29 is 23.1 Å². The molecular weight excluding hydrogens is 530 g/mol. The van der Waals surface area contributed by atoms with Gasteiger partial charge in [-0.1, -0.05) is 53.7 Å². The van der Waals surface area contributed by atoms with Crippen molar-refractivity contribution in [1.82, 2.24) is 14.9 Å². The summed E-state index contributed by atoms with van der Waals surface area (Å²) in [6.45, 7) is 15.5. The van der Waals surface area contributed by atoms with Gasteiger partial charge in [-0.3, -0.25) is 10.2 Å². The highest BCUT2D eigenvalue weighted by Crippen LogP contribution is 2.35. The lowest BCUT2D eigenvalue weighted by atomic mass is 9.89. The zero-order valence-corrected chi connectivity index (χ0v) is 26.1. The zero-order chi connectivity index (χ0) is 30.2. The van der Waals surface area contributed by atoms with E-state index in [2.05, 4.69) is 23.9 Å². The number of nitrogens with zero attached hydrogens (tertiary/aromatic N) is 1. The van der Waals surface area contributed by atoms with Crippen LogP contribution in [-0.4, -0.2) is 68.9 Å².